The highest BCUT2D eigenvalue weighted by Gasteiger charge is 2.19. The highest BCUT2D eigenvalue weighted by atomic mass is 79.9. The molecule has 0 saturated carbocycles. The second-order valence-electron chi connectivity index (χ2n) is 4.78. The molecule has 0 aliphatic rings. The van der Waals surface area contributed by atoms with E-state index in [2.05, 4.69) is 21.2 Å². The van der Waals surface area contributed by atoms with Crippen LogP contribution in [0.1, 0.15) is 28.9 Å². The number of carbonyl (C=O) groups is 1. The number of nitrogens with one attached hydrogen (secondary N) is 1. The number of rotatable bonds is 4. The van der Waals surface area contributed by atoms with E-state index >= 15 is 0 Å². The summed E-state index contributed by atoms with van der Waals surface area (Å²) >= 11 is 3.03. The fourth-order valence-electron chi connectivity index (χ4n) is 2.00. The fourth-order valence-corrected chi connectivity index (χ4v) is 2.40. The summed E-state index contributed by atoms with van der Waals surface area (Å²) in [6.07, 6.45) is 0. The number of halogens is 3. The van der Waals surface area contributed by atoms with Crippen LogP contribution >= 0.6 is 15.9 Å². The maximum atomic E-state index is 13.7. The Morgan fingerprint density at radius 1 is 1.26 bits per heavy atom. The van der Waals surface area contributed by atoms with Crippen LogP contribution in [-0.2, 0) is 0 Å². The number of nitrogens with zero attached hydrogens (tertiary/aromatic N) is 1. The van der Waals surface area contributed by atoms with Crippen LogP contribution in [0.5, 0.6) is 0 Å². The van der Waals surface area contributed by atoms with E-state index in [1.54, 1.807) is 0 Å². The second-order valence-corrected chi connectivity index (χ2v) is 5.64. The number of hydrogen-bond donors (Lipinski definition) is 1. The molecule has 0 bridgehead atoms. The molecule has 1 atom stereocenters. The zero-order valence-corrected chi connectivity index (χ0v) is 13.4. The van der Waals surface area contributed by atoms with Crippen molar-refractivity contribution in [2.24, 2.45) is 0 Å². The van der Waals surface area contributed by atoms with E-state index in [-0.39, 0.29) is 21.3 Å². The molecule has 2 aromatic rings. The van der Waals surface area contributed by atoms with Gasteiger partial charge in [0, 0.05) is 23.3 Å². The predicted octanol–water partition coefficient (Wildman–Crippen LogP) is 4.13. The Morgan fingerprint density at radius 3 is 2.57 bits per heavy atom. The van der Waals surface area contributed by atoms with E-state index in [0.29, 0.717) is 0 Å². The van der Waals surface area contributed by atoms with Gasteiger partial charge in [0.15, 0.2) is 0 Å². The van der Waals surface area contributed by atoms with Crippen molar-refractivity contribution in [2.75, 3.05) is 0 Å². The van der Waals surface area contributed by atoms with Crippen molar-refractivity contribution in [3.05, 3.63) is 73.7 Å². The smallest absolute Gasteiger partial charge is 0.284 e. The highest BCUT2D eigenvalue weighted by molar-refractivity contribution is 9.10. The van der Waals surface area contributed by atoms with Crippen molar-refractivity contribution < 1.29 is 18.5 Å². The summed E-state index contributed by atoms with van der Waals surface area (Å²) < 4.78 is 26.8. The number of benzene rings is 2. The Morgan fingerprint density at radius 2 is 1.96 bits per heavy atom. The molecule has 120 valence electrons. The van der Waals surface area contributed by atoms with E-state index in [0.717, 1.165) is 18.2 Å². The maximum Gasteiger partial charge on any atom is 0.284 e. The molecule has 2 rings (SSSR count). The third kappa shape index (κ3) is 3.89. The lowest BCUT2D eigenvalue weighted by molar-refractivity contribution is -0.385. The van der Waals surface area contributed by atoms with Crippen LogP contribution in [0.25, 0.3) is 0 Å². The zero-order valence-electron chi connectivity index (χ0n) is 11.8. The van der Waals surface area contributed by atoms with Crippen molar-refractivity contribution in [3.8, 4) is 0 Å². The summed E-state index contributed by atoms with van der Waals surface area (Å²) in [5.41, 5.74) is -0.0705. The van der Waals surface area contributed by atoms with Crippen molar-refractivity contribution in [2.45, 2.75) is 13.0 Å². The minimum Gasteiger partial charge on any atom is -0.345 e. The number of nitro groups is 1. The molecular formula is C15H11BrF2N2O3. The van der Waals surface area contributed by atoms with Gasteiger partial charge in [-0.2, -0.15) is 0 Å². The van der Waals surface area contributed by atoms with Gasteiger partial charge in [-0.1, -0.05) is 6.07 Å². The van der Waals surface area contributed by atoms with Crippen LogP contribution < -0.4 is 5.32 Å². The molecule has 0 aromatic heterocycles. The zero-order chi connectivity index (χ0) is 17.1. The van der Waals surface area contributed by atoms with Gasteiger partial charge in [0.2, 0.25) is 0 Å². The summed E-state index contributed by atoms with van der Waals surface area (Å²) in [6.45, 7) is 1.53. The van der Waals surface area contributed by atoms with Gasteiger partial charge in [-0.3, -0.25) is 14.9 Å². The number of amides is 1. The van der Waals surface area contributed by atoms with Crippen LogP contribution in [0.15, 0.2) is 40.9 Å². The van der Waals surface area contributed by atoms with Gasteiger partial charge in [-0.05, 0) is 41.1 Å². The van der Waals surface area contributed by atoms with E-state index in [1.807, 2.05) is 0 Å². The molecule has 2 aromatic carbocycles. The molecule has 0 heterocycles. The molecule has 0 aliphatic heterocycles. The van der Waals surface area contributed by atoms with E-state index in [4.69, 9.17) is 0 Å². The third-order valence-corrected chi connectivity index (χ3v) is 3.85. The summed E-state index contributed by atoms with van der Waals surface area (Å²) in [5.74, 6) is -2.09. The molecule has 0 aliphatic carbocycles. The lowest BCUT2D eigenvalue weighted by atomic mass is 10.1. The largest absolute Gasteiger partial charge is 0.345 e. The van der Waals surface area contributed by atoms with Crippen molar-refractivity contribution in [3.63, 3.8) is 0 Å². The highest BCUT2D eigenvalue weighted by Crippen LogP contribution is 2.26. The Kier molecular flexibility index (Phi) is 5.05. The number of carbonyl (C=O) groups excluding carboxylic acids is 1. The van der Waals surface area contributed by atoms with E-state index in [1.165, 1.54) is 25.1 Å². The van der Waals surface area contributed by atoms with E-state index < -0.39 is 28.5 Å². The van der Waals surface area contributed by atoms with Gasteiger partial charge in [0.05, 0.1) is 15.4 Å². The van der Waals surface area contributed by atoms with Crippen LogP contribution in [-0.4, -0.2) is 10.8 Å². The first kappa shape index (κ1) is 17.0. The topological polar surface area (TPSA) is 72.2 Å². The lowest BCUT2D eigenvalue weighted by Crippen LogP contribution is -2.27. The Labute approximate surface area is 138 Å². The number of nitro benzene ring substituents is 1. The number of hydrogen-bond acceptors (Lipinski definition) is 3. The van der Waals surface area contributed by atoms with Crippen molar-refractivity contribution in [1.82, 2.24) is 5.32 Å². The molecular weight excluding hydrogens is 374 g/mol. The maximum absolute atomic E-state index is 13.7. The molecule has 1 N–H and O–H groups in total. The minimum absolute atomic E-state index is 0.0641. The third-order valence-electron chi connectivity index (χ3n) is 3.18. The molecule has 0 spiro atoms. The molecule has 23 heavy (non-hydrogen) atoms. The summed E-state index contributed by atoms with van der Waals surface area (Å²) in [6, 6.07) is 6.22. The Bertz CT molecular complexity index is 783. The molecule has 0 fully saturated rings. The average molecular weight is 385 g/mol. The van der Waals surface area contributed by atoms with Crippen LogP contribution in [0.3, 0.4) is 0 Å². The van der Waals surface area contributed by atoms with E-state index in [9.17, 15) is 23.7 Å². The second kappa shape index (κ2) is 6.82. The standard InChI is InChI=1S/C15H11BrF2N2O3/c1-8(11-4-3-10(17)7-13(11)18)19-15(21)9-2-5-12(16)14(6-9)20(22)23/h2-8H,1H3,(H,19,21)/t8-/m0/s1. The normalized spacial score (nSPS) is 11.8. The first-order valence-corrected chi connectivity index (χ1v) is 7.28. The van der Waals surface area contributed by atoms with Crippen molar-refractivity contribution in [1.29, 1.82) is 0 Å². The summed E-state index contributed by atoms with van der Waals surface area (Å²) in [4.78, 5) is 22.4. The Balaban J connectivity index is 2.21. The first-order valence-electron chi connectivity index (χ1n) is 6.49. The molecule has 8 heteroatoms. The van der Waals surface area contributed by atoms with Crippen molar-refractivity contribution >= 4 is 27.5 Å². The van der Waals surface area contributed by atoms with Crippen LogP contribution in [0.4, 0.5) is 14.5 Å². The van der Waals surface area contributed by atoms with Gasteiger partial charge in [0.25, 0.3) is 11.6 Å². The van der Waals surface area contributed by atoms with Crippen LogP contribution in [0, 0.1) is 21.7 Å². The molecule has 0 radical (unpaired) electrons. The average Bonchev–Trinajstić information content (AvgIpc) is 2.46. The molecule has 0 saturated heterocycles. The van der Waals surface area contributed by atoms with Crippen LogP contribution in [0.2, 0.25) is 0 Å². The van der Waals surface area contributed by atoms with Gasteiger partial charge in [-0.25, -0.2) is 8.78 Å². The van der Waals surface area contributed by atoms with Gasteiger partial charge in [-0.15, -0.1) is 0 Å². The fraction of sp³-hybridized carbons (Fsp3) is 0.133. The molecule has 1 amide bonds. The monoisotopic (exact) mass is 384 g/mol. The molecule has 5 nitrogen and oxygen atoms in total. The quantitative estimate of drug-likeness (QED) is 0.636. The first-order chi connectivity index (χ1) is 10.8. The summed E-state index contributed by atoms with van der Waals surface area (Å²) in [7, 11) is 0. The SMILES string of the molecule is C[C@H](NC(=O)c1ccc(Br)c([N+](=O)[O-])c1)c1ccc(F)cc1F. The molecule has 0 unspecified atom stereocenters. The van der Waals surface area contributed by atoms with Gasteiger partial charge < -0.3 is 5.32 Å². The minimum atomic E-state index is -0.778. The van der Waals surface area contributed by atoms with Gasteiger partial charge in [0.1, 0.15) is 11.6 Å². The van der Waals surface area contributed by atoms with Gasteiger partial charge >= 0.3 is 0 Å². The lowest BCUT2D eigenvalue weighted by Gasteiger charge is -2.15. The summed E-state index contributed by atoms with van der Waals surface area (Å²) in [5, 5.41) is 13.4. The Hall–Kier alpha value is -2.35. The predicted molar refractivity (Wildman–Crippen MR) is 83.0 cm³/mol.